The molecule has 18 heavy (non-hydrogen) atoms. The van der Waals surface area contributed by atoms with E-state index in [0.717, 1.165) is 10.0 Å². The number of esters is 1. The fraction of sp³-hybridized carbons (Fsp3) is 0.250. The van der Waals surface area contributed by atoms with E-state index in [1.807, 2.05) is 0 Å². The normalized spacial score (nSPS) is 11.2. The predicted octanol–water partition coefficient (Wildman–Crippen LogP) is 1.90. The van der Waals surface area contributed by atoms with Crippen LogP contribution in [-0.2, 0) is 14.3 Å². The van der Waals surface area contributed by atoms with E-state index >= 15 is 0 Å². The third-order valence-corrected chi connectivity index (χ3v) is 2.73. The molecule has 0 spiro atoms. The summed E-state index contributed by atoms with van der Waals surface area (Å²) in [5.74, 6) is 0.0825. The molecule has 0 aliphatic carbocycles. The van der Waals surface area contributed by atoms with Crippen LogP contribution < -0.4 is 10.5 Å². The lowest BCUT2D eigenvalue weighted by Crippen LogP contribution is -2.12. The summed E-state index contributed by atoms with van der Waals surface area (Å²) in [6.07, 6.45) is 1.52. The van der Waals surface area contributed by atoms with Gasteiger partial charge >= 0.3 is 5.97 Å². The maximum atomic E-state index is 11.2. The molecule has 0 unspecified atom stereocenters. The molecule has 0 aliphatic heterocycles. The van der Waals surface area contributed by atoms with Crippen LogP contribution in [0.4, 0.5) is 0 Å². The van der Waals surface area contributed by atoms with Crippen molar-refractivity contribution in [3.8, 4) is 5.75 Å². The molecule has 0 aromatic heterocycles. The number of methoxy groups -OCH3 is 2. The molecular formula is C12H14BrNO4. The Kier molecular flexibility index (Phi) is 5.67. The Hall–Kier alpha value is -1.53. The molecular weight excluding hydrogens is 302 g/mol. The van der Waals surface area contributed by atoms with Crippen LogP contribution in [0.1, 0.15) is 5.56 Å². The topological polar surface area (TPSA) is 70.8 Å². The molecule has 5 nitrogen and oxygen atoms in total. The van der Waals surface area contributed by atoms with Crippen molar-refractivity contribution in [1.29, 1.82) is 0 Å². The van der Waals surface area contributed by atoms with Crippen LogP contribution in [0, 0.1) is 0 Å². The van der Waals surface area contributed by atoms with Gasteiger partial charge in [0.25, 0.3) is 0 Å². The quantitative estimate of drug-likeness (QED) is 0.510. The number of ether oxygens (including phenoxy) is 3. The van der Waals surface area contributed by atoms with Gasteiger partial charge in [0.2, 0.25) is 0 Å². The number of carbonyl (C=O) groups is 1. The van der Waals surface area contributed by atoms with E-state index in [1.165, 1.54) is 13.2 Å². The van der Waals surface area contributed by atoms with Crippen molar-refractivity contribution >= 4 is 28.0 Å². The van der Waals surface area contributed by atoms with E-state index in [9.17, 15) is 4.79 Å². The molecule has 0 atom stereocenters. The minimum absolute atomic E-state index is 0.0313. The van der Waals surface area contributed by atoms with E-state index in [0.29, 0.717) is 5.75 Å². The molecule has 0 heterocycles. The van der Waals surface area contributed by atoms with Gasteiger partial charge in [-0.25, -0.2) is 4.79 Å². The third kappa shape index (κ3) is 4.05. The summed E-state index contributed by atoms with van der Waals surface area (Å²) >= 11 is 3.37. The summed E-state index contributed by atoms with van der Waals surface area (Å²) in [4.78, 5) is 11.2. The number of carbonyl (C=O) groups excluding carboxylic acids is 1. The van der Waals surface area contributed by atoms with Crippen LogP contribution in [0.5, 0.6) is 5.75 Å². The number of halogens is 1. The monoisotopic (exact) mass is 315 g/mol. The highest BCUT2D eigenvalue weighted by Gasteiger charge is 2.06. The van der Waals surface area contributed by atoms with Crippen LogP contribution in [0.25, 0.3) is 6.08 Å². The summed E-state index contributed by atoms with van der Waals surface area (Å²) < 4.78 is 15.3. The highest BCUT2D eigenvalue weighted by Crippen LogP contribution is 2.24. The smallest absolute Gasteiger partial charge is 0.353 e. The van der Waals surface area contributed by atoms with Gasteiger partial charge in [-0.05, 0) is 23.8 Å². The Bertz CT molecular complexity index is 459. The summed E-state index contributed by atoms with van der Waals surface area (Å²) in [7, 11) is 2.82. The van der Waals surface area contributed by atoms with E-state index in [-0.39, 0.29) is 12.5 Å². The van der Waals surface area contributed by atoms with Gasteiger partial charge in [0.1, 0.15) is 11.4 Å². The summed E-state index contributed by atoms with van der Waals surface area (Å²) in [5.41, 5.74) is 6.35. The van der Waals surface area contributed by atoms with E-state index in [1.54, 1.807) is 25.3 Å². The average molecular weight is 316 g/mol. The maximum Gasteiger partial charge on any atom is 0.353 e. The highest BCUT2D eigenvalue weighted by molar-refractivity contribution is 9.10. The molecule has 0 saturated heterocycles. The van der Waals surface area contributed by atoms with Crippen molar-refractivity contribution in [2.75, 3.05) is 21.0 Å². The highest BCUT2D eigenvalue weighted by atomic mass is 79.9. The zero-order chi connectivity index (χ0) is 13.5. The van der Waals surface area contributed by atoms with Gasteiger partial charge in [-0.15, -0.1) is 0 Å². The zero-order valence-corrected chi connectivity index (χ0v) is 11.7. The van der Waals surface area contributed by atoms with Crippen LogP contribution in [0.2, 0.25) is 0 Å². The minimum atomic E-state index is -0.568. The van der Waals surface area contributed by atoms with E-state index in [4.69, 9.17) is 15.2 Å². The molecule has 6 heteroatoms. The molecule has 98 valence electrons. The van der Waals surface area contributed by atoms with Gasteiger partial charge in [-0.2, -0.15) is 0 Å². The third-order valence-electron chi connectivity index (χ3n) is 2.05. The fourth-order valence-electron chi connectivity index (χ4n) is 1.19. The zero-order valence-electron chi connectivity index (χ0n) is 10.1. The van der Waals surface area contributed by atoms with Crippen molar-refractivity contribution < 1.29 is 19.0 Å². The number of benzene rings is 1. The first-order valence-electron chi connectivity index (χ1n) is 5.05. The van der Waals surface area contributed by atoms with Gasteiger partial charge in [-0.1, -0.05) is 22.0 Å². The van der Waals surface area contributed by atoms with E-state index < -0.39 is 5.97 Å². The number of hydrogen-bond donors (Lipinski definition) is 1. The van der Waals surface area contributed by atoms with Gasteiger partial charge in [0.05, 0.1) is 7.11 Å². The van der Waals surface area contributed by atoms with Crippen LogP contribution in [0.15, 0.2) is 28.4 Å². The summed E-state index contributed by atoms with van der Waals surface area (Å²) in [6, 6.07) is 5.28. The molecule has 0 radical (unpaired) electrons. The lowest BCUT2D eigenvalue weighted by molar-refractivity contribution is -0.136. The largest absolute Gasteiger partial charge is 0.468 e. The van der Waals surface area contributed by atoms with Crippen molar-refractivity contribution in [1.82, 2.24) is 0 Å². The van der Waals surface area contributed by atoms with Gasteiger partial charge < -0.3 is 19.9 Å². The van der Waals surface area contributed by atoms with Crippen molar-refractivity contribution in [3.05, 3.63) is 33.9 Å². The van der Waals surface area contributed by atoms with Crippen LogP contribution in [-0.4, -0.2) is 27.0 Å². The Balaban J connectivity index is 2.89. The van der Waals surface area contributed by atoms with Crippen molar-refractivity contribution in [2.24, 2.45) is 5.73 Å². The first-order valence-corrected chi connectivity index (χ1v) is 5.84. The molecule has 0 saturated carbocycles. The Morgan fingerprint density at radius 2 is 2.17 bits per heavy atom. The molecule has 0 bridgehead atoms. The van der Waals surface area contributed by atoms with E-state index in [2.05, 4.69) is 20.7 Å². The molecule has 0 fully saturated rings. The van der Waals surface area contributed by atoms with Gasteiger partial charge in [0, 0.05) is 11.6 Å². The molecule has 1 aromatic rings. The molecule has 1 aromatic carbocycles. The minimum Gasteiger partial charge on any atom is -0.468 e. The maximum absolute atomic E-state index is 11.2. The predicted molar refractivity (Wildman–Crippen MR) is 70.8 cm³/mol. The Morgan fingerprint density at radius 1 is 1.44 bits per heavy atom. The van der Waals surface area contributed by atoms with Crippen molar-refractivity contribution in [3.63, 3.8) is 0 Å². The van der Waals surface area contributed by atoms with Crippen LogP contribution in [0.3, 0.4) is 0 Å². The standard InChI is InChI=1S/C12H14BrNO4/c1-16-7-18-9-4-3-8(10(13)6-9)5-11(14)12(15)17-2/h3-6H,7,14H2,1-2H3/b11-5-. The number of rotatable bonds is 5. The molecule has 1 rings (SSSR count). The van der Waals surface area contributed by atoms with Gasteiger partial charge in [0.15, 0.2) is 6.79 Å². The van der Waals surface area contributed by atoms with Crippen LogP contribution >= 0.6 is 15.9 Å². The Labute approximate surface area is 114 Å². The molecule has 0 aliphatic rings. The Morgan fingerprint density at radius 3 is 2.72 bits per heavy atom. The van der Waals surface area contributed by atoms with Gasteiger partial charge in [-0.3, -0.25) is 0 Å². The lowest BCUT2D eigenvalue weighted by atomic mass is 10.2. The first-order chi connectivity index (χ1) is 8.58. The second kappa shape index (κ2) is 7.03. The molecule has 0 amide bonds. The van der Waals surface area contributed by atoms with Crippen molar-refractivity contribution in [2.45, 2.75) is 0 Å². The second-order valence-electron chi connectivity index (χ2n) is 3.33. The molecule has 2 N–H and O–H groups in total. The number of hydrogen-bond acceptors (Lipinski definition) is 5. The second-order valence-corrected chi connectivity index (χ2v) is 4.18. The SMILES string of the molecule is COCOc1ccc(/C=C(\N)C(=O)OC)c(Br)c1. The lowest BCUT2D eigenvalue weighted by Gasteiger charge is -2.07. The first kappa shape index (κ1) is 14.5. The number of nitrogens with two attached hydrogens (primary N) is 1. The summed E-state index contributed by atoms with van der Waals surface area (Å²) in [5, 5.41) is 0. The summed E-state index contributed by atoms with van der Waals surface area (Å²) in [6.45, 7) is 0.173. The fourth-order valence-corrected chi connectivity index (χ4v) is 1.66. The average Bonchev–Trinajstić information content (AvgIpc) is 2.38.